The molecule has 3 aromatic carbocycles. The Balaban J connectivity index is 1.63. The zero-order chi connectivity index (χ0) is 19.9. The van der Waals surface area contributed by atoms with E-state index < -0.39 is 5.97 Å². The lowest BCUT2D eigenvalue weighted by Crippen LogP contribution is -2.21. The van der Waals surface area contributed by atoms with Crippen molar-refractivity contribution in [2.75, 3.05) is 17.2 Å². The molecule has 28 heavy (non-hydrogen) atoms. The van der Waals surface area contributed by atoms with Gasteiger partial charge in [-0.1, -0.05) is 42.5 Å². The zero-order valence-corrected chi connectivity index (χ0v) is 15.9. The predicted octanol–water partition coefficient (Wildman–Crippen LogP) is 4.84. The van der Waals surface area contributed by atoms with Gasteiger partial charge in [-0.3, -0.25) is 4.79 Å². The molecule has 0 unspecified atom stereocenters. The third-order valence-electron chi connectivity index (χ3n) is 4.41. The summed E-state index contributed by atoms with van der Waals surface area (Å²) < 4.78 is 5.22. The summed E-state index contributed by atoms with van der Waals surface area (Å²) in [7, 11) is 0. The van der Waals surface area contributed by atoms with Crippen molar-refractivity contribution in [1.82, 2.24) is 0 Å². The van der Waals surface area contributed by atoms with Crippen LogP contribution in [0.2, 0.25) is 0 Å². The SMILES string of the molecule is Cc1cccc(NC(=O)COC(=O)c2ccccc2Nc2ccccc2)c1C. The van der Waals surface area contributed by atoms with E-state index in [0.717, 1.165) is 16.8 Å². The molecule has 2 N–H and O–H groups in total. The molecular formula is C23H22N2O3. The third kappa shape index (κ3) is 4.76. The molecular weight excluding hydrogens is 352 g/mol. The van der Waals surface area contributed by atoms with Crippen molar-refractivity contribution in [2.45, 2.75) is 13.8 Å². The molecule has 0 saturated heterocycles. The molecule has 0 atom stereocenters. The van der Waals surface area contributed by atoms with Gasteiger partial charge in [-0.15, -0.1) is 0 Å². The fourth-order valence-electron chi connectivity index (χ4n) is 2.73. The first-order valence-corrected chi connectivity index (χ1v) is 8.99. The van der Waals surface area contributed by atoms with Crippen molar-refractivity contribution in [1.29, 1.82) is 0 Å². The van der Waals surface area contributed by atoms with Crippen LogP contribution < -0.4 is 10.6 Å². The number of hydrogen-bond donors (Lipinski definition) is 2. The summed E-state index contributed by atoms with van der Waals surface area (Å²) in [6.07, 6.45) is 0. The summed E-state index contributed by atoms with van der Waals surface area (Å²) in [5, 5.41) is 5.97. The molecule has 0 aromatic heterocycles. The fourth-order valence-corrected chi connectivity index (χ4v) is 2.73. The lowest BCUT2D eigenvalue weighted by molar-refractivity contribution is -0.119. The number of aryl methyl sites for hydroxylation is 1. The Bertz CT molecular complexity index is 984. The molecule has 5 heteroatoms. The summed E-state index contributed by atoms with van der Waals surface area (Å²) in [6, 6.07) is 22.2. The van der Waals surface area contributed by atoms with Crippen LogP contribution in [0.1, 0.15) is 21.5 Å². The van der Waals surface area contributed by atoms with Crippen LogP contribution in [-0.4, -0.2) is 18.5 Å². The summed E-state index contributed by atoms with van der Waals surface area (Å²) in [5.41, 5.74) is 4.62. The van der Waals surface area contributed by atoms with Gasteiger partial charge in [0.1, 0.15) is 0 Å². The van der Waals surface area contributed by atoms with Gasteiger partial charge < -0.3 is 15.4 Å². The molecule has 5 nitrogen and oxygen atoms in total. The fraction of sp³-hybridized carbons (Fsp3) is 0.130. The highest BCUT2D eigenvalue weighted by molar-refractivity contribution is 5.99. The van der Waals surface area contributed by atoms with E-state index in [1.807, 2.05) is 68.4 Å². The Morgan fingerprint density at radius 2 is 1.50 bits per heavy atom. The van der Waals surface area contributed by atoms with E-state index in [2.05, 4.69) is 10.6 Å². The second kappa shape index (κ2) is 8.86. The van der Waals surface area contributed by atoms with Gasteiger partial charge >= 0.3 is 5.97 Å². The minimum Gasteiger partial charge on any atom is -0.452 e. The van der Waals surface area contributed by atoms with Crippen molar-refractivity contribution < 1.29 is 14.3 Å². The Kier molecular flexibility index (Phi) is 6.07. The highest BCUT2D eigenvalue weighted by Gasteiger charge is 2.15. The standard InChI is InChI=1S/C23H22N2O3/c1-16-9-8-14-20(17(16)2)25-22(26)15-28-23(27)19-12-6-7-13-21(19)24-18-10-4-3-5-11-18/h3-14,24H,15H2,1-2H3,(H,25,26). The number of carbonyl (C=O) groups excluding carboxylic acids is 2. The van der Waals surface area contributed by atoms with Crippen LogP contribution in [0, 0.1) is 13.8 Å². The van der Waals surface area contributed by atoms with E-state index in [4.69, 9.17) is 4.74 Å². The molecule has 142 valence electrons. The van der Waals surface area contributed by atoms with Crippen LogP contribution in [0.4, 0.5) is 17.1 Å². The van der Waals surface area contributed by atoms with Gasteiger partial charge in [0.15, 0.2) is 6.61 Å². The molecule has 0 saturated carbocycles. The largest absolute Gasteiger partial charge is 0.452 e. The number of anilines is 3. The van der Waals surface area contributed by atoms with E-state index in [0.29, 0.717) is 16.9 Å². The van der Waals surface area contributed by atoms with E-state index in [9.17, 15) is 9.59 Å². The first kappa shape index (κ1) is 19.2. The molecule has 0 spiro atoms. The first-order chi connectivity index (χ1) is 13.5. The molecule has 1 amide bonds. The molecule has 0 fully saturated rings. The van der Waals surface area contributed by atoms with Gasteiger partial charge in [-0.05, 0) is 55.3 Å². The predicted molar refractivity (Wildman–Crippen MR) is 111 cm³/mol. The summed E-state index contributed by atoms with van der Waals surface area (Å²) >= 11 is 0. The highest BCUT2D eigenvalue weighted by Crippen LogP contribution is 2.22. The van der Waals surface area contributed by atoms with Crippen LogP contribution in [0.25, 0.3) is 0 Å². The minimum atomic E-state index is -0.560. The van der Waals surface area contributed by atoms with Crippen LogP contribution in [-0.2, 0) is 9.53 Å². The quantitative estimate of drug-likeness (QED) is 0.606. The summed E-state index contributed by atoms with van der Waals surface area (Å²) in [4.78, 5) is 24.7. The van der Waals surface area contributed by atoms with Crippen LogP contribution in [0.5, 0.6) is 0 Å². The normalized spacial score (nSPS) is 10.2. The van der Waals surface area contributed by atoms with Gasteiger partial charge in [-0.2, -0.15) is 0 Å². The monoisotopic (exact) mass is 374 g/mol. The number of para-hydroxylation sites is 2. The lowest BCUT2D eigenvalue weighted by atomic mass is 10.1. The summed E-state index contributed by atoms with van der Waals surface area (Å²) in [6.45, 7) is 3.55. The van der Waals surface area contributed by atoms with Gasteiger partial charge in [0, 0.05) is 11.4 Å². The smallest absolute Gasteiger partial charge is 0.340 e. The second-order valence-electron chi connectivity index (χ2n) is 6.41. The van der Waals surface area contributed by atoms with Gasteiger partial charge in [-0.25, -0.2) is 4.79 Å². The number of nitrogens with one attached hydrogen (secondary N) is 2. The van der Waals surface area contributed by atoms with Crippen molar-refractivity contribution in [3.63, 3.8) is 0 Å². The van der Waals surface area contributed by atoms with Crippen molar-refractivity contribution >= 4 is 28.9 Å². The molecule has 0 aliphatic rings. The Hall–Kier alpha value is -3.60. The molecule has 0 aliphatic carbocycles. The average Bonchev–Trinajstić information content (AvgIpc) is 2.71. The molecule has 3 aromatic rings. The number of rotatable bonds is 6. The number of benzene rings is 3. The molecule has 3 rings (SSSR count). The van der Waals surface area contributed by atoms with E-state index in [-0.39, 0.29) is 12.5 Å². The average molecular weight is 374 g/mol. The number of esters is 1. The van der Waals surface area contributed by atoms with Gasteiger partial charge in [0.25, 0.3) is 5.91 Å². The van der Waals surface area contributed by atoms with E-state index in [1.165, 1.54) is 0 Å². The molecule has 0 aliphatic heterocycles. The molecule has 0 heterocycles. The number of carbonyl (C=O) groups is 2. The Morgan fingerprint density at radius 3 is 2.29 bits per heavy atom. The van der Waals surface area contributed by atoms with Crippen LogP contribution in [0.3, 0.4) is 0 Å². The number of amides is 1. The van der Waals surface area contributed by atoms with Gasteiger partial charge in [0.05, 0.1) is 11.3 Å². The third-order valence-corrected chi connectivity index (χ3v) is 4.41. The first-order valence-electron chi connectivity index (χ1n) is 8.99. The lowest BCUT2D eigenvalue weighted by Gasteiger charge is -2.13. The molecule has 0 bridgehead atoms. The zero-order valence-electron chi connectivity index (χ0n) is 15.9. The topological polar surface area (TPSA) is 67.4 Å². The second-order valence-corrected chi connectivity index (χ2v) is 6.41. The van der Waals surface area contributed by atoms with Crippen molar-refractivity contribution in [2.24, 2.45) is 0 Å². The van der Waals surface area contributed by atoms with Crippen molar-refractivity contribution in [3.8, 4) is 0 Å². The number of hydrogen-bond acceptors (Lipinski definition) is 4. The Morgan fingerprint density at radius 1 is 0.821 bits per heavy atom. The van der Waals surface area contributed by atoms with Crippen LogP contribution in [0.15, 0.2) is 72.8 Å². The van der Waals surface area contributed by atoms with E-state index in [1.54, 1.807) is 18.2 Å². The number of ether oxygens (including phenoxy) is 1. The van der Waals surface area contributed by atoms with Crippen LogP contribution >= 0.6 is 0 Å². The van der Waals surface area contributed by atoms with E-state index >= 15 is 0 Å². The Labute approximate surface area is 164 Å². The maximum atomic E-state index is 12.5. The van der Waals surface area contributed by atoms with Gasteiger partial charge in [0.2, 0.25) is 0 Å². The summed E-state index contributed by atoms with van der Waals surface area (Å²) in [5.74, 6) is -0.939. The highest BCUT2D eigenvalue weighted by atomic mass is 16.5. The van der Waals surface area contributed by atoms with Crippen molar-refractivity contribution in [3.05, 3.63) is 89.5 Å². The maximum absolute atomic E-state index is 12.5. The minimum absolute atomic E-state index is 0.355. The molecule has 0 radical (unpaired) electrons. The maximum Gasteiger partial charge on any atom is 0.340 e.